The van der Waals surface area contributed by atoms with E-state index in [2.05, 4.69) is 0 Å². The fourth-order valence-corrected chi connectivity index (χ4v) is 1.35. The highest BCUT2D eigenvalue weighted by molar-refractivity contribution is 5.99. The van der Waals surface area contributed by atoms with Gasteiger partial charge in [0, 0.05) is 13.0 Å². The van der Waals surface area contributed by atoms with Crippen LogP contribution in [0.5, 0.6) is 5.75 Å². The molecule has 0 atom stereocenters. The lowest BCUT2D eigenvalue weighted by Gasteiger charge is -2.08. The van der Waals surface area contributed by atoms with E-state index in [1.807, 2.05) is 13.8 Å². The number of carbonyl (C=O) groups is 1. The lowest BCUT2D eigenvalue weighted by Crippen LogP contribution is -2.08. The van der Waals surface area contributed by atoms with Crippen molar-refractivity contribution in [2.24, 2.45) is 5.92 Å². The van der Waals surface area contributed by atoms with Gasteiger partial charge in [0.05, 0.1) is 12.2 Å². The van der Waals surface area contributed by atoms with Gasteiger partial charge >= 0.3 is 0 Å². The zero-order chi connectivity index (χ0) is 11.4. The standard InChI is InChI=1S/C12H16O3/c1-8(2)12(14)10-6-9(7-15-3)4-5-11(10)13/h4-6,8,13H,7H2,1-3H3. The molecule has 82 valence electrons. The third-order valence-corrected chi connectivity index (χ3v) is 2.16. The molecule has 0 fully saturated rings. The van der Waals surface area contributed by atoms with E-state index in [-0.39, 0.29) is 17.5 Å². The average molecular weight is 208 g/mol. The number of hydrogen-bond acceptors (Lipinski definition) is 3. The van der Waals surface area contributed by atoms with E-state index in [0.717, 1.165) is 5.56 Å². The van der Waals surface area contributed by atoms with Crippen molar-refractivity contribution in [3.8, 4) is 5.75 Å². The largest absolute Gasteiger partial charge is 0.507 e. The Kier molecular flexibility index (Phi) is 3.86. The molecule has 3 heteroatoms. The summed E-state index contributed by atoms with van der Waals surface area (Å²) >= 11 is 0. The van der Waals surface area contributed by atoms with Gasteiger partial charge in [0.15, 0.2) is 5.78 Å². The number of carbonyl (C=O) groups excluding carboxylic acids is 1. The Bertz CT molecular complexity index is 356. The van der Waals surface area contributed by atoms with Gasteiger partial charge in [-0.05, 0) is 17.7 Å². The highest BCUT2D eigenvalue weighted by atomic mass is 16.5. The van der Waals surface area contributed by atoms with Gasteiger partial charge in [-0.1, -0.05) is 19.9 Å². The molecule has 3 nitrogen and oxygen atoms in total. The fourth-order valence-electron chi connectivity index (χ4n) is 1.35. The third-order valence-electron chi connectivity index (χ3n) is 2.16. The number of phenolic OH excluding ortho intramolecular Hbond substituents is 1. The molecule has 0 saturated carbocycles. The molecular weight excluding hydrogens is 192 g/mol. The zero-order valence-corrected chi connectivity index (χ0v) is 9.28. The summed E-state index contributed by atoms with van der Waals surface area (Å²) in [7, 11) is 1.59. The lowest BCUT2D eigenvalue weighted by molar-refractivity contribution is 0.0936. The molecule has 1 N–H and O–H groups in total. The Morgan fingerprint density at radius 3 is 2.67 bits per heavy atom. The first kappa shape index (κ1) is 11.7. The summed E-state index contributed by atoms with van der Waals surface area (Å²) in [5.74, 6) is -0.132. The van der Waals surface area contributed by atoms with Crippen molar-refractivity contribution in [1.82, 2.24) is 0 Å². The number of benzene rings is 1. The molecule has 0 aliphatic carbocycles. The molecule has 0 unspecified atom stereocenters. The van der Waals surface area contributed by atoms with Gasteiger partial charge in [0.25, 0.3) is 0 Å². The maximum absolute atomic E-state index is 11.7. The molecule has 0 heterocycles. The number of methoxy groups -OCH3 is 1. The Hall–Kier alpha value is -1.35. The Labute approximate surface area is 89.7 Å². The van der Waals surface area contributed by atoms with Crippen molar-refractivity contribution >= 4 is 5.78 Å². The summed E-state index contributed by atoms with van der Waals surface area (Å²) in [6.07, 6.45) is 0. The number of phenols is 1. The van der Waals surface area contributed by atoms with E-state index in [0.29, 0.717) is 12.2 Å². The molecule has 0 aromatic heterocycles. The summed E-state index contributed by atoms with van der Waals surface area (Å²) in [4.78, 5) is 11.7. The van der Waals surface area contributed by atoms with Gasteiger partial charge in [0.1, 0.15) is 5.75 Å². The molecule has 15 heavy (non-hydrogen) atoms. The number of ketones is 1. The van der Waals surface area contributed by atoms with E-state index in [9.17, 15) is 9.90 Å². The van der Waals surface area contributed by atoms with Crippen molar-refractivity contribution < 1.29 is 14.6 Å². The Morgan fingerprint density at radius 1 is 1.47 bits per heavy atom. The molecule has 1 rings (SSSR count). The fraction of sp³-hybridized carbons (Fsp3) is 0.417. The summed E-state index contributed by atoms with van der Waals surface area (Å²) in [5.41, 5.74) is 1.26. The van der Waals surface area contributed by atoms with E-state index in [1.165, 1.54) is 6.07 Å². The number of hydrogen-bond donors (Lipinski definition) is 1. The van der Waals surface area contributed by atoms with E-state index in [1.54, 1.807) is 19.2 Å². The summed E-state index contributed by atoms with van der Waals surface area (Å²) in [5, 5.41) is 9.56. The normalized spacial score (nSPS) is 10.7. The van der Waals surface area contributed by atoms with Crippen LogP contribution in [0.2, 0.25) is 0 Å². The SMILES string of the molecule is COCc1ccc(O)c(C(=O)C(C)C)c1. The van der Waals surface area contributed by atoms with Crippen LogP contribution < -0.4 is 0 Å². The molecule has 0 saturated heterocycles. The number of ether oxygens (including phenoxy) is 1. The first-order chi connectivity index (χ1) is 7.06. The van der Waals surface area contributed by atoms with Crippen LogP contribution in [0.25, 0.3) is 0 Å². The maximum atomic E-state index is 11.7. The van der Waals surface area contributed by atoms with E-state index >= 15 is 0 Å². The zero-order valence-electron chi connectivity index (χ0n) is 9.28. The topological polar surface area (TPSA) is 46.5 Å². The number of rotatable bonds is 4. The van der Waals surface area contributed by atoms with Gasteiger partial charge in [-0.2, -0.15) is 0 Å². The second kappa shape index (κ2) is 4.94. The number of Topliss-reactive ketones (excluding diaryl/α,β-unsaturated/α-hetero) is 1. The predicted octanol–water partition coefficient (Wildman–Crippen LogP) is 2.38. The van der Waals surface area contributed by atoms with Crippen molar-refractivity contribution in [2.75, 3.05) is 7.11 Å². The van der Waals surface area contributed by atoms with Crippen LogP contribution in [-0.4, -0.2) is 18.0 Å². The van der Waals surface area contributed by atoms with Gasteiger partial charge in [-0.15, -0.1) is 0 Å². The van der Waals surface area contributed by atoms with Crippen LogP contribution >= 0.6 is 0 Å². The monoisotopic (exact) mass is 208 g/mol. The van der Waals surface area contributed by atoms with Gasteiger partial charge in [0.2, 0.25) is 0 Å². The van der Waals surface area contributed by atoms with Crippen LogP contribution in [-0.2, 0) is 11.3 Å². The van der Waals surface area contributed by atoms with Crippen LogP contribution in [0.1, 0.15) is 29.8 Å². The molecular formula is C12H16O3. The van der Waals surface area contributed by atoms with Crippen molar-refractivity contribution in [3.05, 3.63) is 29.3 Å². The van der Waals surface area contributed by atoms with Crippen molar-refractivity contribution in [3.63, 3.8) is 0 Å². The van der Waals surface area contributed by atoms with Crippen LogP contribution in [0.3, 0.4) is 0 Å². The average Bonchev–Trinajstić information content (AvgIpc) is 2.20. The van der Waals surface area contributed by atoms with Gasteiger partial charge in [-0.25, -0.2) is 0 Å². The maximum Gasteiger partial charge on any atom is 0.169 e. The summed E-state index contributed by atoms with van der Waals surface area (Å²) < 4.78 is 4.97. The Balaban J connectivity index is 3.05. The Morgan fingerprint density at radius 2 is 2.13 bits per heavy atom. The van der Waals surface area contributed by atoms with Crippen LogP contribution in [0.15, 0.2) is 18.2 Å². The molecule has 0 aliphatic rings. The number of aromatic hydroxyl groups is 1. The molecule has 0 aliphatic heterocycles. The first-order valence-corrected chi connectivity index (χ1v) is 4.91. The quantitative estimate of drug-likeness (QED) is 0.773. The molecule has 0 amide bonds. The highest BCUT2D eigenvalue weighted by Crippen LogP contribution is 2.22. The molecule has 1 aromatic rings. The summed E-state index contributed by atoms with van der Waals surface area (Å²) in [6, 6.07) is 4.96. The van der Waals surface area contributed by atoms with Crippen LogP contribution in [0, 0.1) is 5.92 Å². The third kappa shape index (κ3) is 2.80. The second-order valence-electron chi connectivity index (χ2n) is 3.80. The van der Waals surface area contributed by atoms with Crippen molar-refractivity contribution in [1.29, 1.82) is 0 Å². The minimum absolute atomic E-state index is 0.0357. The molecule has 0 radical (unpaired) electrons. The molecule has 1 aromatic carbocycles. The van der Waals surface area contributed by atoms with E-state index < -0.39 is 0 Å². The lowest BCUT2D eigenvalue weighted by atomic mass is 9.98. The summed E-state index contributed by atoms with van der Waals surface area (Å²) in [6.45, 7) is 4.06. The molecule has 0 spiro atoms. The molecule has 0 bridgehead atoms. The first-order valence-electron chi connectivity index (χ1n) is 4.91. The van der Waals surface area contributed by atoms with Crippen LogP contribution in [0.4, 0.5) is 0 Å². The minimum atomic E-state index is -0.117. The minimum Gasteiger partial charge on any atom is -0.507 e. The van der Waals surface area contributed by atoms with Gasteiger partial charge in [-0.3, -0.25) is 4.79 Å². The van der Waals surface area contributed by atoms with E-state index in [4.69, 9.17) is 4.74 Å². The highest BCUT2D eigenvalue weighted by Gasteiger charge is 2.15. The smallest absolute Gasteiger partial charge is 0.169 e. The predicted molar refractivity (Wildman–Crippen MR) is 58.0 cm³/mol. The van der Waals surface area contributed by atoms with Crippen molar-refractivity contribution in [2.45, 2.75) is 20.5 Å². The second-order valence-corrected chi connectivity index (χ2v) is 3.80. The van der Waals surface area contributed by atoms with Gasteiger partial charge < -0.3 is 9.84 Å².